The monoisotopic (exact) mass is 318 g/mol. The lowest BCUT2D eigenvalue weighted by Crippen LogP contribution is -2.26. The number of rotatable bonds is 5. The molecule has 1 unspecified atom stereocenters. The lowest BCUT2D eigenvalue weighted by atomic mass is 10.1. The van der Waals surface area contributed by atoms with Gasteiger partial charge in [-0.3, -0.25) is 9.52 Å². The van der Waals surface area contributed by atoms with Crippen molar-refractivity contribution >= 4 is 21.6 Å². The van der Waals surface area contributed by atoms with Gasteiger partial charge in [-0.1, -0.05) is 36.4 Å². The Bertz CT molecular complexity index is 758. The summed E-state index contributed by atoms with van der Waals surface area (Å²) in [7, 11) is -3.37. The lowest BCUT2D eigenvalue weighted by Gasteiger charge is -2.14. The van der Waals surface area contributed by atoms with Crippen LogP contribution >= 0.6 is 0 Å². The molecule has 2 rings (SSSR count). The van der Waals surface area contributed by atoms with E-state index < -0.39 is 10.0 Å². The van der Waals surface area contributed by atoms with Crippen LogP contribution in [0.15, 0.2) is 54.6 Å². The third kappa shape index (κ3) is 4.60. The molecular weight excluding hydrogens is 300 g/mol. The molecular formula is C16H18N2O3S. The topological polar surface area (TPSA) is 75.3 Å². The van der Waals surface area contributed by atoms with Crippen LogP contribution in [0, 0.1) is 0 Å². The number of hydrogen-bond donors (Lipinski definition) is 2. The van der Waals surface area contributed by atoms with Crippen molar-refractivity contribution in [3.63, 3.8) is 0 Å². The average Bonchev–Trinajstić information content (AvgIpc) is 2.46. The number of hydrogen-bond acceptors (Lipinski definition) is 3. The van der Waals surface area contributed by atoms with E-state index in [1.54, 1.807) is 18.2 Å². The first-order chi connectivity index (χ1) is 10.3. The first-order valence-corrected chi connectivity index (χ1v) is 8.68. The van der Waals surface area contributed by atoms with Gasteiger partial charge in [-0.2, -0.15) is 0 Å². The van der Waals surface area contributed by atoms with Crippen LogP contribution in [0.5, 0.6) is 0 Å². The van der Waals surface area contributed by atoms with Gasteiger partial charge in [0.15, 0.2) is 0 Å². The summed E-state index contributed by atoms with van der Waals surface area (Å²) in [5.74, 6) is -0.256. The smallest absolute Gasteiger partial charge is 0.251 e. The Hall–Kier alpha value is -2.34. The molecule has 0 saturated carbocycles. The summed E-state index contributed by atoms with van der Waals surface area (Å²) in [6.45, 7) is 1.89. The highest BCUT2D eigenvalue weighted by atomic mass is 32.2. The number of anilines is 1. The third-order valence-electron chi connectivity index (χ3n) is 3.08. The van der Waals surface area contributed by atoms with Crippen molar-refractivity contribution in [2.45, 2.75) is 13.0 Å². The minimum absolute atomic E-state index is 0.139. The van der Waals surface area contributed by atoms with E-state index in [4.69, 9.17) is 0 Å². The molecule has 116 valence electrons. The van der Waals surface area contributed by atoms with Crippen LogP contribution in [0.1, 0.15) is 28.9 Å². The van der Waals surface area contributed by atoms with Crippen LogP contribution in [0.4, 0.5) is 5.69 Å². The lowest BCUT2D eigenvalue weighted by molar-refractivity contribution is 0.0940. The molecule has 22 heavy (non-hydrogen) atoms. The van der Waals surface area contributed by atoms with Crippen molar-refractivity contribution in [3.8, 4) is 0 Å². The van der Waals surface area contributed by atoms with E-state index in [1.807, 2.05) is 37.3 Å². The molecule has 0 fully saturated rings. The molecule has 0 aliphatic rings. The van der Waals surface area contributed by atoms with Crippen molar-refractivity contribution in [1.29, 1.82) is 0 Å². The normalized spacial score (nSPS) is 12.5. The minimum Gasteiger partial charge on any atom is -0.346 e. The molecule has 0 aliphatic heterocycles. The fourth-order valence-electron chi connectivity index (χ4n) is 2.04. The zero-order valence-corrected chi connectivity index (χ0v) is 13.2. The van der Waals surface area contributed by atoms with Gasteiger partial charge < -0.3 is 5.32 Å². The van der Waals surface area contributed by atoms with Crippen LogP contribution < -0.4 is 10.0 Å². The average molecular weight is 318 g/mol. The summed E-state index contributed by atoms with van der Waals surface area (Å²) in [5, 5.41) is 2.89. The molecule has 5 nitrogen and oxygen atoms in total. The van der Waals surface area contributed by atoms with Crippen LogP contribution in [0.25, 0.3) is 0 Å². The van der Waals surface area contributed by atoms with E-state index in [1.165, 1.54) is 6.07 Å². The molecule has 0 heterocycles. The summed E-state index contributed by atoms with van der Waals surface area (Å²) < 4.78 is 24.8. The van der Waals surface area contributed by atoms with E-state index in [0.29, 0.717) is 11.3 Å². The van der Waals surface area contributed by atoms with Crippen molar-refractivity contribution in [2.75, 3.05) is 11.0 Å². The van der Waals surface area contributed by atoms with Crippen molar-refractivity contribution < 1.29 is 13.2 Å². The molecule has 2 N–H and O–H groups in total. The number of carbonyl (C=O) groups excluding carboxylic acids is 1. The maximum absolute atomic E-state index is 12.3. The van der Waals surface area contributed by atoms with E-state index in [-0.39, 0.29) is 11.9 Å². The van der Waals surface area contributed by atoms with Gasteiger partial charge in [-0.05, 0) is 30.7 Å². The minimum atomic E-state index is -3.37. The SMILES string of the molecule is CC(NC(=O)c1cccc(NS(C)(=O)=O)c1)c1ccccc1. The second-order valence-corrected chi connectivity index (χ2v) is 6.81. The van der Waals surface area contributed by atoms with Crippen LogP contribution in [0.2, 0.25) is 0 Å². The molecule has 6 heteroatoms. The van der Waals surface area contributed by atoms with E-state index >= 15 is 0 Å². The highest BCUT2D eigenvalue weighted by Gasteiger charge is 2.12. The Balaban J connectivity index is 2.11. The summed E-state index contributed by atoms with van der Waals surface area (Å²) >= 11 is 0. The van der Waals surface area contributed by atoms with Crippen LogP contribution in [-0.4, -0.2) is 20.6 Å². The standard InChI is InChI=1S/C16H18N2O3S/c1-12(13-7-4-3-5-8-13)17-16(19)14-9-6-10-15(11-14)18-22(2,20)21/h3-12,18H,1-2H3,(H,17,19). The Labute approximate surface area is 130 Å². The van der Waals surface area contributed by atoms with Gasteiger partial charge in [0, 0.05) is 11.3 Å². The van der Waals surface area contributed by atoms with E-state index in [2.05, 4.69) is 10.0 Å². The first-order valence-electron chi connectivity index (χ1n) is 6.79. The number of carbonyl (C=O) groups is 1. The third-order valence-corrected chi connectivity index (χ3v) is 3.68. The van der Waals surface area contributed by atoms with Gasteiger partial charge in [0.05, 0.1) is 12.3 Å². The molecule has 1 amide bonds. The molecule has 2 aromatic rings. The highest BCUT2D eigenvalue weighted by Crippen LogP contribution is 2.15. The first kappa shape index (κ1) is 16.0. The maximum Gasteiger partial charge on any atom is 0.251 e. The predicted molar refractivity (Wildman–Crippen MR) is 87.2 cm³/mol. The second kappa shape index (κ2) is 6.62. The van der Waals surface area contributed by atoms with Gasteiger partial charge in [-0.25, -0.2) is 8.42 Å². The number of sulfonamides is 1. The second-order valence-electron chi connectivity index (χ2n) is 5.06. The molecule has 0 spiro atoms. The van der Waals surface area contributed by atoms with Crippen LogP contribution in [-0.2, 0) is 10.0 Å². The largest absolute Gasteiger partial charge is 0.346 e. The highest BCUT2D eigenvalue weighted by molar-refractivity contribution is 7.92. The fourth-order valence-corrected chi connectivity index (χ4v) is 2.60. The number of amides is 1. The molecule has 1 atom stereocenters. The predicted octanol–water partition coefficient (Wildman–Crippen LogP) is 2.55. The van der Waals surface area contributed by atoms with E-state index in [9.17, 15) is 13.2 Å². The molecule has 0 radical (unpaired) electrons. The number of nitrogens with one attached hydrogen (secondary N) is 2. The Morgan fingerprint density at radius 1 is 1.05 bits per heavy atom. The molecule has 0 bridgehead atoms. The summed E-state index contributed by atoms with van der Waals surface area (Å²) in [6.07, 6.45) is 1.07. The number of benzene rings is 2. The molecule has 0 saturated heterocycles. The summed E-state index contributed by atoms with van der Waals surface area (Å²) in [6, 6.07) is 15.9. The van der Waals surface area contributed by atoms with Crippen molar-refractivity contribution in [3.05, 3.63) is 65.7 Å². The summed E-state index contributed by atoms with van der Waals surface area (Å²) in [4.78, 5) is 12.3. The Morgan fingerprint density at radius 3 is 2.36 bits per heavy atom. The fraction of sp³-hybridized carbons (Fsp3) is 0.188. The zero-order chi connectivity index (χ0) is 16.2. The molecule has 0 aliphatic carbocycles. The van der Waals surface area contributed by atoms with Gasteiger partial charge in [0.2, 0.25) is 10.0 Å². The molecule has 2 aromatic carbocycles. The maximum atomic E-state index is 12.3. The van der Waals surface area contributed by atoms with Crippen LogP contribution in [0.3, 0.4) is 0 Å². The van der Waals surface area contributed by atoms with Crippen molar-refractivity contribution in [2.24, 2.45) is 0 Å². The van der Waals surface area contributed by atoms with Gasteiger partial charge in [-0.15, -0.1) is 0 Å². The van der Waals surface area contributed by atoms with Crippen molar-refractivity contribution in [1.82, 2.24) is 5.32 Å². The van der Waals surface area contributed by atoms with Gasteiger partial charge >= 0.3 is 0 Å². The Kier molecular flexibility index (Phi) is 4.82. The van der Waals surface area contributed by atoms with E-state index in [0.717, 1.165) is 11.8 Å². The summed E-state index contributed by atoms with van der Waals surface area (Å²) in [5.41, 5.74) is 1.76. The quantitative estimate of drug-likeness (QED) is 0.889. The zero-order valence-electron chi connectivity index (χ0n) is 12.4. The Morgan fingerprint density at radius 2 is 1.73 bits per heavy atom. The van der Waals surface area contributed by atoms with Gasteiger partial charge in [0.1, 0.15) is 0 Å². The van der Waals surface area contributed by atoms with Gasteiger partial charge in [0.25, 0.3) is 5.91 Å². The molecule has 0 aromatic heterocycles.